The Morgan fingerprint density at radius 2 is 1.79 bits per heavy atom. The molecule has 0 unspecified atom stereocenters. The first-order valence-electron chi connectivity index (χ1n) is 5.38. The molecule has 1 aromatic rings. The van der Waals surface area contributed by atoms with E-state index in [1.54, 1.807) is 6.92 Å². The van der Waals surface area contributed by atoms with Crippen molar-refractivity contribution in [3.05, 3.63) is 22.8 Å². The lowest BCUT2D eigenvalue weighted by Gasteiger charge is -2.15. The van der Waals surface area contributed by atoms with Gasteiger partial charge in [0.25, 0.3) is 0 Å². The van der Waals surface area contributed by atoms with Crippen LogP contribution in [0.25, 0.3) is 0 Å². The molecule has 0 saturated carbocycles. The van der Waals surface area contributed by atoms with E-state index in [4.69, 9.17) is 20.7 Å². The van der Waals surface area contributed by atoms with Crippen LogP contribution in [0.3, 0.4) is 0 Å². The third kappa shape index (κ3) is 2.65. The van der Waals surface area contributed by atoms with Gasteiger partial charge < -0.3 is 20.7 Å². The Balaban J connectivity index is 3.77. The Labute approximate surface area is 108 Å². The number of hydrogen-bond acceptors (Lipinski definition) is 5. The zero-order valence-electron chi connectivity index (χ0n) is 10.4. The number of ketones is 1. The maximum atomic E-state index is 11.4. The molecule has 1 rings (SSSR count). The molecule has 0 aliphatic rings. The number of hydrogen-bond donors (Lipinski definition) is 3. The number of carboxylic acid groups (broad SMARTS) is 2. The van der Waals surface area contributed by atoms with Gasteiger partial charge in [0.1, 0.15) is 5.56 Å². The summed E-state index contributed by atoms with van der Waals surface area (Å²) >= 11 is 0. The summed E-state index contributed by atoms with van der Waals surface area (Å²) in [5.74, 6) is -3.72. The predicted octanol–water partition coefficient (Wildman–Crippen LogP) is 1.27. The van der Waals surface area contributed by atoms with Crippen molar-refractivity contribution in [1.29, 1.82) is 0 Å². The highest BCUT2D eigenvalue weighted by Crippen LogP contribution is 2.33. The summed E-state index contributed by atoms with van der Waals surface area (Å²) in [4.78, 5) is 33.7. The van der Waals surface area contributed by atoms with Crippen LogP contribution < -0.4 is 10.5 Å². The van der Waals surface area contributed by atoms with Gasteiger partial charge in [-0.2, -0.15) is 0 Å². The van der Waals surface area contributed by atoms with Crippen molar-refractivity contribution >= 4 is 23.4 Å². The SMILES string of the molecule is CCOc1c(N)c(C(C)=O)cc(C(=O)O)c1C(=O)O. The van der Waals surface area contributed by atoms with Gasteiger partial charge in [0.05, 0.1) is 17.9 Å². The van der Waals surface area contributed by atoms with Crippen molar-refractivity contribution in [1.82, 2.24) is 0 Å². The number of benzene rings is 1. The molecule has 0 radical (unpaired) electrons. The number of nitrogens with two attached hydrogens (primary N) is 1. The molecule has 0 aromatic heterocycles. The topological polar surface area (TPSA) is 127 Å². The molecule has 7 nitrogen and oxygen atoms in total. The molecule has 1 aromatic carbocycles. The maximum Gasteiger partial charge on any atom is 0.340 e. The van der Waals surface area contributed by atoms with Crippen LogP contribution in [0.15, 0.2) is 6.07 Å². The molecule has 0 fully saturated rings. The average Bonchev–Trinajstić information content (AvgIpc) is 2.30. The van der Waals surface area contributed by atoms with E-state index in [0.717, 1.165) is 6.07 Å². The van der Waals surface area contributed by atoms with Gasteiger partial charge in [-0.15, -0.1) is 0 Å². The van der Waals surface area contributed by atoms with E-state index < -0.39 is 28.8 Å². The minimum absolute atomic E-state index is 0.0779. The maximum absolute atomic E-state index is 11.4. The van der Waals surface area contributed by atoms with E-state index in [1.165, 1.54) is 6.92 Å². The number of anilines is 1. The van der Waals surface area contributed by atoms with Crippen molar-refractivity contribution < 1.29 is 29.3 Å². The fraction of sp³-hybridized carbons (Fsp3) is 0.250. The molecule has 0 bridgehead atoms. The van der Waals surface area contributed by atoms with Crippen LogP contribution in [0.4, 0.5) is 5.69 Å². The van der Waals surface area contributed by atoms with Gasteiger partial charge in [-0.05, 0) is 19.9 Å². The Hall–Kier alpha value is -2.57. The highest BCUT2D eigenvalue weighted by molar-refractivity contribution is 6.10. The number of aromatic carboxylic acids is 2. The summed E-state index contributed by atoms with van der Waals surface area (Å²) in [6, 6.07) is 0.950. The van der Waals surface area contributed by atoms with E-state index in [-0.39, 0.29) is 23.6 Å². The van der Waals surface area contributed by atoms with Crippen LogP contribution in [0, 0.1) is 0 Å². The van der Waals surface area contributed by atoms with Crippen LogP contribution in [0.5, 0.6) is 5.75 Å². The second kappa shape index (κ2) is 5.38. The van der Waals surface area contributed by atoms with Crippen LogP contribution in [-0.2, 0) is 0 Å². The second-order valence-electron chi connectivity index (χ2n) is 3.69. The molecule has 4 N–H and O–H groups in total. The number of ether oxygens (including phenoxy) is 1. The van der Waals surface area contributed by atoms with E-state index in [1.807, 2.05) is 0 Å². The lowest BCUT2D eigenvalue weighted by Crippen LogP contribution is -2.15. The predicted molar refractivity (Wildman–Crippen MR) is 65.9 cm³/mol. The van der Waals surface area contributed by atoms with E-state index in [0.29, 0.717) is 0 Å². The van der Waals surface area contributed by atoms with Crippen LogP contribution in [0.1, 0.15) is 44.9 Å². The fourth-order valence-corrected chi connectivity index (χ4v) is 1.64. The lowest BCUT2D eigenvalue weighted by atomic mass is 9.98. The molecule has 0 aliphatic carbocycles. The Morgan fingerprint density at radius 1 is 1.21 bits per heavy atom. The van der Waals surface area contributed by atoms with Crippen molar-refractivity contribution in [2.24, 2.45) is 0 Å². The van der Waals surface area contributed by atoms with E-state index in [9.17, 15) is 14.4 Å². The first-order valence-corrected chi connectivity index (χ1v) is 5.38. The molecule has 19 heavy (non-hydrogen) atoms. The molecular weight excluding hydrogens is 254 g/mol. The number of nitrogen functional groups attached to an aromatic ring is 1. The first-order chi connectivity index (χ1) is 8.81. The minimum atomic E-state index is -1.48. The number of Topliss-reactive ketones (excluding diaryl/α,β-unsaturated/α-hetero) is 1. The largest absolute Gasteiger partial charge is 0.491 e. The second-order valence-corrected chi connectivity index (χ2v) is 3.69. The molecule has 7 heteroatoms. The van der Waals surface area contributed by atoms with Crippen LogP contribution >= 0.6 is 0 Å². The van der Waals surface area contributed by atoms with Crippen molar-refractivity contribution in [2.75, 3.05) is 12.3 Å². The molecule has 0 saturated heterocycles. The molecule has 0 amide bonds. The monoisotopic (exact) mass is 267 g/mol. The Morgan fingerprint density at radius 3 is 2.16 bits per heavy atom. The Bertz CT molecular complexity index is 564. The summed E-state index contributed by atoms with van der Waals surface area (Å²) in [7, 11) is 0. The van der Waals surface area contributed by atoms with Crippen LogP contribution in [-0.4, -0.2) is 34.5 Å². The highest BCUT2D eigenvalue weighted by Gasteiger charge is 2.27. The third-order valence-electron chi connectivity index (χ3n) is 2.43. The van der Waals surface area contributed by atoms with Gasteiger partial charge >= 0.3 is 11.9 Å². The lowest BCUT2D eigenvalue weighted by molar-refractivity contribution is 0.0647. The molecule has 0 spiro atoms. The third-order valence-corrected chi connectivity index (χ3v) is 2.43. The summed E-state index contributed by atoms with van der Waals surface area (Å²) in [5.41, 5.74) is 4.34. The molecule has 102 valence electrons. The highest BCUT2D eigenvalue weighted by atomic mass is 16.5. The summed E-state index contributed by atoms with van der Waals surface area (Å²) in [6.07, 6.45) is 0. The van der Waals surface area contributed by atoms with E-state index in [2.05, 4.69) is 0 Å². The van der Waals surface area contributed by atoms with Gasteiger partial charge in [-0.25, -0.2) is 9.59 Å². The summed E-state index contributed by atoms with van der Waals surface area (Å²) in [6.45, 7) is 2.88. The zero-order chi connectivity index (χ0) is 14.7. The zero-order valence-corrected chi connectivity index (χ0v) is 10.4. The van der Waals surface area contributed by atoms with Gasteiger partial charge in [-0.1, -0.05) is 0 Å². The molecular formula is C12H13NO6. The molecule has 0 heterocycles. The molecule has 0 aliphatic heterocycles. The Kier molecular flexibility index (Phi) is 4.11. The smallest absolute Gasteiger partial charge is 0.340 e. The normalized spacial score (nSPS) is 10.0. The minimum Gasteiger partial charge on any atom is -0.491 e. The van der Waals surface area contributed by atoms with Gasteiger partial charge in [0.15, 0.2) is 11.5 Å². The van der Waals surface area contributed by atoms with Gasteiger partial charge in [-0.3, -0.25) is 4.79 Å². The number of carbonyl (C=O) groups is 3. The standard InChI is InChI=1S/C12H13NO6/c1-3-19-10-8(12(17)18)7(11(15)16)4-6(5(2)14)9(10)13/h4H,3,13H2,1-2H3,(H,15,16)(H,17,18). The summed E-state index contributed by atoms with van der Waals surface area (Å²) in [5, 5.41) is 18.1. The molecule has 0 atom stereocenters. The van der Waals surface area contributed by atoms with Gasteiger partial charge in [0.2, 0.25) is 0 Å². The average molecular weight is 267 g/mol. The number of carboxylic acids is 2. The van der Waals surface area contributed by atoms with Crippen LogP contribution in [0.2, 0.25) is 0 Å². The van der Waals surface area contributed by atoms with Crippen molar-refractivity contribution in [2.45, 2.75) is 13.8 Å². The first kappa shape index (κ1) is 14.5. The number of carbonyl (C=O) groups excluding carboxylic acids is 1. The number of rotatable bonds is 5. The van der Waals surface area contributed by atoms with Gasteiger partial charge in [0, 0.05) is 5.56 Å². The summed E-state index contributed by atoms with van der Waals surface area (Å²) < 4.78 is 5.09. The van der Waals surface area contributed by atoms with Crippen molar-refractivity contribution in [3.63, 3.8) is 0 Å². The quantitative estimate of drug-likeness (QED) is 0.541. The fourth-order valence-electron chi connectivity index (χ4n) is 1.64. The van der Waals surface area contributed by atoms with E-state index >= 15 is 0 Å². The van der Waals surface area contributed by atoms with Crippen molar-refractivity contribution in [3.8, 4) is 5.75 Å².